The number of nitrogens with two attached hydrogens (primary N) is 1. The Balaban J connectivity index is 2.19. The summed E-state index contributed by atoms with van der Waals surface area (Å²) in [6, 6.07) is 3.50. The second kappa shape index (κ2) is 4.17. The summed E-state index contributed by atoms with van der Waals surface area (Å²) in [6.45, 7) is 5.38. The summed E-state index contributed by atoms with van der Waals surface area (Å²) in [5, 5.41) is 13.4. The van der Waals surface area contributed by atoms with Crippen LogP contribution < -0.4 is 16.7 Å². The molecule has 0 bridgehead atoms. The molecule has 2 aromatic heterocycles. The van der Waals surface area contributed by atoms with Crippen molar-refractivity contribution < 1.29 is 0 Å². The van der Waals surface area contributed by atoms with Crippen molar-refractivity contribution in [3.63, 3.8) is 0 Å². The number of anilines is 1. The highest BCUT2D eigenvalue weighted by atomic mass is 16.2. The summed E-state index contributed by atoms with van der Waals surface area (Å²) in [5.41, 5.74) is 5.78. The summed E-state index contributed by atoms with van der Waals surface area (Å²) in [4.78, 5) is 11.3. The van der Waals surface area contributed by atoms with E-state index in [1.807, 2.05) is 0 Å². The molecule has 2 aromatic rings. The number of nitrogens with zero attached hydrogens (tertiary/aromatic N) is 3. The van der Waals surface area contributed by atoms with Crippen molar-refractivity contribution in [2.24, 2.45) is 11.1 Å². The molecule has 0 fully saturated rings. The Kier molecular flexibility index (Phi) is 2.84. The van der Waals surface area contributed by atoms with Gasteiger partial charge in [-0.3, -0.25) is 0 Å². The maximum Gasteiger partial charge on any atom is 0.364 e. The molecule has 4 N–H and O–H groups in total. The fourth-order valence-corrected chi connectivity index (χ4v) is 1.30. The minimum absolute atomic E-state index is 0.0159. The number of fused-ring (bicyclic) bond motifs is 1. The van der Waals surface area contributed by atoms with E-state index in [0.29, 0.717) is 24.6 Å². The average molecular weight is 236 g/mol. The Morgan fingerprint density at radius 1 is 1.53 bits per heavy atom. The van der Waals surface area contributed by atoms with Crippen molar-refractivity contribution in [3.8, 4) is 0 Å². The molecule has 0 aliphatic carbocycles. The van der Waals surface area contributed by atoms with Crippen LogP contribution in [0.25, 0.3) is 5.65 Å². The molecule has 0 radical (unpaired) electrons. The normalized spacial score (nSPS) is 11.9. The zero-order valence-electron chi connectivity index (χ0n) is 9.90. The summed E-state index contributed by atoms with van der Waals surface area (Å²) >= 11 is 0. The summed E-state index contributed by atoms with van der Waals surface area (Å²) in [5.74, 6) is 0.627. The van der Waals surface area contributed by atoms with Gasteiger partial charge in [0.25, 0.3) is 0 Å². The molecular formula is C10H16N6O. The van der Waals surface area contributed by atoms with Gasteiger partial charge in [0.05, 0.1) is 0 Å². The standard InChI is InChI=1S/C10H16N6O/c1-10(2,5-11)6-12-7-3-4-8-13-14-9(17)16(8)15-7/h3-4H,5-6,11H2,1-2H3,(H,12,15)(H,14,17). The van der Waals surface area contributed by atoms with Gasteiger partial charge in [-0.25, -0.2) is 9.89 Å². The number of nitrogens with one attached hydrogen (secondary N) is 2. The van der Waals surface area contributed by atoms with Crippen molar-refractivity contribution in [1.29, 1.82) is 0 Å². The Bertz CT molecular complexity index is 569. The fraction of sp³-hybridized carbons (Fsp3) is 0.500. The molecular weight excluding hydrogens is 220 g/mol. The van der Waals surface area contributed by atoms with Gasteiger partial charge in [-0.15, -0.1) is 5.10 Å². The minimum Gasteiger partial charge on any atom is -0.368 e. The Labute approximate surface area is 98.0 Å². The molecule has 2 heterocycles. The first kappa shape index (κ1) is 11.6. The Hall–Kier alpha value is -1.89. The van der Waals surface area contributed by atoms with Gasteiger partial charge in [-0.2, -0.15) is 9.61 Å². The first-order valence-electron chi connectivity index (χ1n) is 5.40. The van der Waals surface area contributed by atoms with E-state index in [1.165, 1.54) is 4.52 Å². The van der Waals surface area contributed by atoms with Gasteiger partial charge in [0.2, 0.25) is 0 Å². The van der Waals surface area contributed by atoms with Crippen LogP contribution in [0.15, 0.2) is 16.9 Å². The highest BCUT2D eigenvalue weighted by molar-refractivity contribution is 5.42. The molecule has 0 saturated carbocycles. The van der Waals surface area contributed by atoms with E-state index >= 15 is 0 Å². The van der Waals surface area contributed by atoms with E-state index in [-0.39, 0.29) is 11.1 Å². The summed E-state index contributed by atoms with van der Waals surface area (Å²) < 4.78 is 1.22. The molecule has 0 amide bonds. The molecule has 92 valence electrons. The third kappa shape index (κ3) is 2.44. The first-order chi connectivity index (χ1) is 8.02. The van der Waals surface area contributed by atoms with Crippen molar-refractivity contribution in [2.75, 3.05) is 18.4 Å². The maximum atomic E-state index is 11.3. The minimum atomic E-state index is -0.346. The van der Waals surface area contributed by atoms with Crippen molar-refractivity contribution in [3.05, 3.63) is 22.6 Å². The number of rotatable bonds is 4. The zero-order chi connectivity index (χ0) is 12.5. The third-order valence-corrected chi connectivity index (χ3v) is 2.57. The van der Waals surface area contributed by atoms with Crippen LogP contribution in [0.4, 0.5) is 5.82 Å². The van der Waals surface area contributed by atoms with E-state index in [2.05, 4.69) is 34.5 Å². The Morgan fingerprint density at radius 3 is 3.00 bits per heavy atom. The molecule has 0 aliphatic rings. The lowest BCUT2D eigenvalue weighted by Gasteiger charge is -2.22. The first-order valence-corrected chi connectivity index (χ1v) is 5.40. The second-order valence-electron chi connectivity index (χ2n) is 4.74. The van der Waals surface area contributed by atoms with Gasteiger partial charge in [-0.05, 0) is 24.1 Å². The molecule has 0 spiro atoms. The molecule has 0 unspecified atom stereocenters. The van der Waals surface area contributed by atoms with E-state index in [4.69, 9.17) is 5.73 Å². The molecule has 17 heavy (non-hydrogen) atoms. The lowest BCUT2D eigenvalue weighted by molar-refractivity contribution is 0.405. The number of aromatic nitrogens is 4. The van der Waals surface area contributed by atoms with Crippen LogP contribution in [0.3, 0.4) is 0 Å². The molecule has 2 rings (SSSR count). The SMILES string of the molecule is CC(C)(CN)CNc1ccc2n[nH]c(=O)n2n1. The monoisotopic (exact) mass is 236 g/mol. The van der Waals surface area contributed by atoms with Gasteiger partial charge in [-0.1, -0.05) is 13.8 Å². The largest absolute Gasteiger partial charge is 0.368 e. The highest BCUT2D eigenvalue weighted by Crippen LogP contribution is 2.13. The summed E-state index contributed by atoms with van der Waals surface area (Å²) in [7, 11) is 0. The molecule has 0 aromatic carbocycles. The molecule has 0 atom stereocenters. The lowest BCUT2D eigenvalue weighted by atomic mass is 9.94. The number of H-pyrrole nitrogens is 1. The van der Waals surface area contributed by atoms with Gasteiger partial charge in [0, 0.05) is 6.54 Å². The second-order valence-corrected chi connectivity index (χ2v) is 4.74. The predicted molar refractivity (Wildman–Crippen MR) is 64.9 cm³/mol. The van der Waals surface area contributed by atoms with E-state index in [1.54, 1.807) is 12.1 Å². The van der Waals surface area contributed by atoms with Crippen LogP contribution in [0, 0.1) is 5.41 Å². The number of aromatic amines is 1. The van der Waals surface area contributed by atoms with Crippen molar-refractivity contribution in [1.82, 2.24) is 19.8 Å². The third-order valence-electron chi connectivity index (χ3n) is 2.57. The average Bonchev–Trinajstić information content (AvgIpc) is 2.69. The van der Waals surface area contributed by atoms with E-state index < -0.39 is 0 Å². The molecule has 0 aliphatic heterocycles. The fourth-order valence-electron chi connectivity index (χ4n) is 1.30. The van der Waals surface area contributed by atoms with E-state index in [0.717, 1.165) is 0 Å². The van der Waals surface area contributed by atoms with Gasteiger partial charge in [0.1, 0.15) is 5.82 Å². The molecule has 7 heteroatoms. The van der Waals surface area contributed by atoms with Crippen LogP contribution >= 0.6 is 0 Å². The predicted octanol–water partition coefficient (Wildman–Crippen LogP) is -0.186. The summed E-state index contributed by atoms with van der Waals surface area (Å²) in [6.07, 6.45) is 0. The van der Waals surface area contributed by atoms with Gasteiger partial charge < -0.3 is 11.1 Å². The van der Waals surface area contributed by atoms with Crippen LogP contribution in [0.5, 0.6) is 0 Å². The smallest absolute Gasteiger partial charge is 0.364 e. The van der Waals surface area contributed by atoms with Gasteiger partial charge in [0.15, 0.2) is 5.65 Å². The zero-order valence-corrected chi connectivity index (χ0v) is 9.90. The van der Waals surface area contributed by atoms with Crippen LogP contribution in [0.1, 0.15) is 13.8 Å². The van der Waals surface area contributed by atoms with Crippen LogP contribution in [-0.2, 0) is 0 Å². The quantitative estimate of drug-likeness (QED) is 0.683. The van der Waals surface area contributed by atoms with Crippen molar-refractivity contribution in [2.45, 2.75) is 13.8 Å². The highest BCUT2D eigenvalue weighted by Gasteiger charge is 2.15. The molecule has 7 nitrogen and oxygen atoms in total. The number of hydrogen-bond acceptors (Lipinski definition) is 5. The number of hydrogen-bond donors (Lipinski definition) is 3. The Morgan fingerprint density at radius 2 is 2.29 bits per heavy atom. The van der Waals surface area contributed by atoms with Crippen molar-refractivity contribution >= 4 is 11.5 Å². The topological polar surface area (TPSA) is 101 Å². The van der Waals surface area contributed by atoms with Crippen LogP contribution in [0.2, 0.25) is 0 Å². The molecule has 0 saturated heterocycles. The van der Waals surface area contributed by atoms with E-state index in [9.17, 15) is 4.79 Å². The maximum absolute atomic E-state index is 11.3. The lowest BCUT2D eigenvalue weighted by Crippen LogP contribution is -2.31. The van der Waals surface area contributed by atoms with Crippen LogP contribution in [-0.4, -0.2) is 32.9 Å². The van der Waals surface area contributed by atoms with Gasteiger partial charge >= 0.3 is 5.69 Å².